The lowest BCUT2D eigenvalue weighted by Gasteiger charge is -2.45. The Labute approximate surface area is 262 Å². The lowest BCUT2D eigenvalue weighted by Crippen LogP contribution is -2.49. The van der Waals surface area contributed by atoms with Crippen molar-refractivity contribution in [1.29, 1.82) is 0 Å². The Morgan fingerprint density at radius 2 is 1.57 bits per heavy atom. The van der Waals surface area contributed by atoms with Gasteiger partial charge in [-0.1, -0.05) is 61.5 Å². The number of nitrogens with zero attached hydrogens (tertiary/aromatic N) is 4. The minimum atomic E-state index is 0.0870. The zero-order chi connectivity index (χ0) is 30.1. The summed E-state index contributed by atoms with van der Waals surface area (Å²) < 4.78 is 8.47. The van der Waals surface area contributed by atoms with E-state index in [9.17, 15) is 4.79 Å². The zero-order valence-electron chi connectivity index (χ0n) is 26.3. The van der Waals surface area contributed by atoms with Crippen LogP contribution in [0.1, 0.15) is 86.1 Å². The lowest BCUT2D eigenvalue weighted by molar-refractivity contribution is 0.0603. The summed E-state index contributed by atoms with van der Waals surface area (Å²) in [5.74, 6) is 1.95. The van der Waals surface area contributed by atoms with Crippen LogP contribution in [0.15, 0.2) is 78.9 Å². The van der Waals surface area contributed by atoms with Gasteiger partial charge in [0.2, 0.25) is 0 Å². The molecule has 0 saturated carbocycles. The van der Waals surface area contributed by atoms with Crippen molar-refractivity contribution in [3.05, 3.63) is 95.8 Å². The number of hydrogen-bond acceptors (Lipinski definition) is 4. The molecule has 7 rings (SSSR count). The SMILES string of the molecule is CCCOc1ccccc1C(=O)N1CCC(CCN2[C@@H]3CC[C@H]2C[C@@H](n2c(C)nc4ccccc42)C3)(c2ccccc2)CC1. The number of ether oxygens (including phenoxy) is 1. The molecule has 0 unspecified atom stereocenters. The molecule has 0 N–H and O–H groups in total. The lowest BCUT2D eigenvalue weighted by atomic mass is 9.70. The van der Waals surface area contributed by atoms with Crippen LogP contribution < -0.4 is 4.74 Å². The van der Waals surface area contributed by atoms with Gasteiger partial charge in [-0.2, -0.15) is 0 Å². The normalized spacial score (nSPS) is 23.2. The second-order valence-corrected chi connectivity index (χ2v) is 13.3. The average Bonchev–Trinajstić information content (AvgIpc) is 3.53. The van der Waals surface area contributed by atoms with Crippen molar-refractivity contribution >= 4 is 16.9 Å². The maximum atomic E-state index is 13.7. The van der Waals surface area contributed by atoms with E-state index in [1.807, 2.05) is 24.3 Å². The minimum absolute atomic E-state index is 0.0870. The third-order valence-corrected chi connectivity index (χ3v) is 10.8. The Kier molecular flexibility index (Phi) is 8.19. The first-order chi connectivity index (χ1) is 21.6. The second kappa shape index (κ2) is 12.4. The van der Waals surface area contributed by atoms with E-state index in [1.54, 1.807) is 0 Å². The molecule has 6 heteroatoms. The molecule has 0 aliphatic carbocycles. The van der Waals surface area contributed by atoms with Crippen LogP contribution in [-0.2, 0) is 5.41 Å². The summed E-state index contributed by atoms with van der Waals surface area (Å²) in [6, 6.07) is 29.3. The molecule has 3 saturated heterocycles. The quantitative estimate of drug-likeness (QED) is 0.202. The molecule has 2 bridgehead atoms. The summed E-state index contributed by atoms with van der Waals surface area (Å²) in [6.45, 7) is 7.57. The standard InChI is InChI=1S/C38H46N4O2/c1-3-25-44-36-16-10-7-13-33(36)37(43)40-22-19-38(20-23-40,29-11-5-4-6-12-29)21-24-41-30-17-18-31(41)27-32(26-30)42-28(2)39-34-14-8-9-15-35(34)42/h4-16,30-32H,3,17-27H2,1-2H3/t30-,31+,32+. The third kappa shape index (κ3) is 5.42. The molecule has 3 aliphatic heterocycles. The van der Waals surface area contributed by atoms with Crippen LogP contribution in [0.25, 0.3) is 11.0 Å². The molecule has 3 fully saturated rings. The number of likely N-dealkylation sites (tertiary alicyclic amines) is 1. The van der Waals surface area contributed by atoms with Crippen LogP contribution in [0.2, 0.25) is 0 Å². The third-order valence-electron chi connectivity index (χ3n) is 10.8. The topological polar surface area (TPSA) is 50.6 Å². The fourth-order valence-electron chi connectivity index (χ4n) is 8.55. The van der Waals surface area contributed by atoms with Crippen LogP contribution in [0.4, 0.5) is 0 Å². The van der Waals surface area contributed by atoms with E-state index in [-0.39, 0.29) is 11.3 Å². The van der Waals surface area contributed by atoms with Crippen molar-refractivity contribution in [2.24, 2.45) is 0 Å². The first-order valence-corrected chi connectivity index (χ1v) is 16.8. The fourth-order valence-corrected chi connectivity index (χ4v) is 8.55. The summed E-state index contributed by atoms with van der Waals surface area (Å²) in [5.41, 5.74) is 4.61. The van der Waals surface area contributed by atoms with Crippen LogP contribution >= 0.6 is 0 Å². The Morgan fingerprint density at radius 3 is 2.32 bits per heavy atom. The van der Waals surface area contributed by atoms with Gasteiger partial charge in [-0.25, -0.2) is 4.98 Å². The second-order valence-electron chi connectivity index (χ2n) is 13.3. The van der Waals surface area contributed by atoms with E-state index < -0.39 is 0 Å². The van der Waals surface area contributed by atoms with Crippen LogP contribution in [0, 0.1) is 6.92 Å². The number of carbonyl (C=O) groups is 1. The maximum Gasteiger partial charge on any atom is 0.257 e. The molecule has 44 heavy (non-hydrogen) atoms. The van der Waals surface area contributed by atoms with E-state index in [4.69, 9.17) is 9.72 Å². The monoisotopic (exact) mass is 590 g/mol. The number of aromatic nitrogens is 2. The van der Waals surface area contributed by atoms with Gasteiger partial charge in [-0.05, 0) is 100 Å². The highest BCUT2D eigenvalue weighted by atomic mass is 16.5. The van der Waals surface area contributed by atoms with Crippen molar-refractivity contribution in [3.8, 4) is 5.75 Å². The van der Waals surface area contributed by atoms with Gasteiger partial charge in [-0.3, -0.25) is 9.69 Å². The Morgan fingerprint density at radius 1 is 0.886 bits per heavy atom. The summed E-state index contributed by atoms with van der Waals surface area (Å²) in [4.78, 5) is 23.5. The first-order valence-electron chi connectivity index (χ1n) is 16.8. The largest absolute Gasteiger partial charge is 0.493 e. The van der Waals surface area contributed by atoms with Gasteiger partial charge in [0.25, 0.3) is 5.91 Å². The molecule has 3 aromatic carbocycles. The van der Waals surface area contributed by atoms with Gasteiger partial charge >= 0.3 is 0 Å². The molecule has 0 radical (unpaired) electrons. The number of rotatable bonds is 9. The Hall–Kier alpha value is -3.64. The molecule has 3 atom stereocenters. The van der Waals surface area contributed by atoms with Crippen molar-refractivity contribution < 1.29 is 9.53 Å². The number of benzene rings is 3. The smallest absolute Gasteiger partial charge is 0.257 e. The number of piperidine rings is 2. The Balaban J connectivity index is 1.05. The average molecular weight is 591 g/mol. The van der Waals surface area contributed by atoms with E-state index in [0.717, 1.165) is 56.7 Å². The van der Waals surface area contributed by atoms with E-state index >= 15 is 0 Å². The number of para-hydroxylation sites is 3. The number of amides is 1. The summed E-state index contributed by atoms with van der Waals surface area (Å²) in [5, 5.41) is 0. The van der Waals surface area contributed by atoms with Crippen LogP contribution in [-0.4, -0.2) is 63.6 Å². The molecule has 230 valence electrons. The highest BCUT2D eigenvalue weighted by Gasteiger charge is 2.44. The van der Waals surface area contributed by atoms with E-state index in [2.05, 4.69) is 82.8 Å². The Bertz CT molecular complexity index is 1570. The van der Waals surface area contributed by atoms with E-state index in [1.165, 1.54) is 36.8 Å². The molecule has 6 nitrogen and oxygen atoms in total. The molecule has 4 aromatic rings. The predicted molar refractivity (Wildman–Crippen MR) is 176 cm³/mol. The summed E-state index contributed by atoms with van der Waals surface area (Å²) in [7, 11) is 0. The van der Waals surface area contributed by atoms with Crippen molar-refractivity contribution in [3.63, 3.8) is 0 Å². The van der Waals surface area contributed by atoms with Crippen molar-refractivity contribution in [2.75, 3.05) is 26.2 Å². The van der Waals surface area contributed by atoms with E-state index in [0.29, 0.717) is 36.0 Å². The zero-order valence-corrected chi connectivity index (χ0v) is 26.3. The molecule has 1 aromatic heterocycles. The number of aryl methyl sites for hydroxylation is 1. The molecule has 1 amide bonds. The fraction of sp³-hybridized carbons (Fsp3) is 0.474. The molecule has 4 heterocycles. The summed E-state index contributed by atoms with van der Waals surface area (Å²) >= 11 is 0. The number of imidazole rings is 1. The van der Waals surface area contributed by atoms with Gasteiger partial charge in [0.05, 0.1) is 23.2 Å². The van der Waals surface area contributed by atoms with Crippen molar-refractivity contribution in [1.82, 2.24) is 19.4 Å². The minimum Gasteiger partial charge on any atom is -0.493 e. The predicted octanol–water partition coefficient (Wildman–Crippen LogP) is 7.57. The van der Waals surface area contributed by atoms with Gasteiger partial charge in [-0.15, -0.1) is 0 Å². The summed E-state index contributed by atoms with van der Waals surface area (Å²) in [6.07, 6.45) is 9.06. The van der Waals surface area contributed by atoms with Gasteiger partial charge in [0.1, 0.15) is 11.6 Å². The molecular formula is C38H46N4O2. The highest BCUT2D eigenvalue weighted by Crippen LogP contribution is 2.45. The van der Waals surface area contributed by atoms with Gasteiger partial charge in [0.15, 0.2) is 0 Å². The molecule has 3 aliphatic rings. The number of carbonyl (C=O) groups excluding carboxylic acids is 1. The van der Waals surface area contributed by atoms with Gasteiger partial charge in [0, 0.05) is 31.2 Å². The van der Waals surface area contributed by atoms with Crippen molar-refractivity contribution in [2.45, 2.75) is 88.8 Å². The van der Waals surface area contributed by atoms with Crippen LogP contribution in [0.5, 0.6) is 5.75 Å². The molecule has 0 spiro atoms. The van der Waals surface area contributed by atoms with Crippen LogP contribution in [0.3, 0.4) is 0 Å². The number of hydrogen-bond donors (Lipinski definition) is 0. The maximum absolute atomic E-state index is 13.7. The highest BCUT2D eigenvalue weighted by molar-refractivity contribution is 5.97. The molecular weight excluding hydrogens is 544 g/mol. The van der Waals surface area contributed by atoms with Gasteiger partial charge < -0.3 is 14.2 Å². The number of fused-ring (bicyclic) bond motifs is 3. The first kappa shape index (κ1) is 29.1.